The molecule has 6 heteroatoms. The van der Waals surface area contributed by atoms with Gasteiger partial charge in [-0.2, -0.15) is 5.10 Å². The number of rotatable bonds is 4. The van der Waals surface area contributed by atoms with E-state index in [-0.39, 0.29) is 5.78 Å². The lowest BCUT2D eigenvalue weighted by atomic mass is 10.1. The van der Waals surface area contributed by atoms with Gasteiger partial charge in [0.1, 0.15) is 11.4 Å². The average Bonchev–Trinajstić information content (AvgIpc) is 2.87. The molecule has 2 aromatic heterocycles. The van der Waals surface area contributed by atoms with Crippen molar-refractivity contribution in [1.82, 2.24) is 19.7 Å². The molecule has 0 N–H and O–H groups in total. The van der Waals surface area contributed by atoms with Crippen LogP contribution in [0.1, 0.15) is 15.9 Å². The fourth-order valence-electron chi connectivity index (χ4n) is 2.15. The number of aromatic nitrogens is 4. The Balaban J connectivity index is 1.81. The fraction of sp³-hybridized carbons (Fsp3) is 0.200. The van der Waals surface area contributed by atoms with Crippen LogP contribution in [0.5, 0.6) is 0 Å². The van der Waals surface area contributed by atoms with Crippen molar-refractivity contribution < 1.29 is 4.79 Å². The minimum atomic E-state index is 0.105. The molecule has 0 radical (unpaired) electrons. The molecule has 5 nitrogen and oxygen atoms in total. The highest BCUT2D eigenvalue weighted by atomic mass is 32.2. The molecule has 0 atom stereocenters. The Kier molecular flexibility index (Phi) is 3.70. The zero-order chi connectivity index (χ0) is 14.8. The van der Waals surface area contributed by atoms with Gasteiger partial charge < -0.3 is 0 Å². The second-order valence-corrected chi connectivity index (χ2v) is 5.68. The van der Waals surface area contributed by atoms with Crippen molar-refractivity contribution in [3.63, 3.8) is 0 Å². The highest BCUT2D eigenvalue weighted by Crippen LogP contribution is 2.24. The summed E-state index contributed by atoms with van der Waals surface area (Å²) in [6, 6.07) is 7.62. The number of benzene rings is 1. The van der Waals surface area contributed by atoms with Crippen LogP contribution in [0.15, 0.2) is 41.8 Å². The van der Waals surface area contributed by atoms with Gasteiger partial charge in [-0.3, -0.25) is 9.48 Å². The molecule has 0 aliphatic carbocycles. The molecule has 0 aliphatic heterocycles. The van der Waals surface area contributed by atoms with Crippen LogP contribution in [-0.2, 0) is 7.05 Å². The maximum Gasteiger partial charge on any atom is 0.173 e. The normalized spacial score (nSPS) is 11.0. The Labute approximate surface area is 126 Å². The number of thioether (sulfide) groups is 1. The van der Waals surface area contributed by atoms with E-state index in [1.54, 1.807) is 10.9 Å². The van der Waals surface area contributed by atoms with E-state index in [1.165, 1.54) is 18.1 Å². The summed E-state index contributed by atoms with van der Waals surface area (Å²) in [5, 5.41) is 5.84. The van der Waals surface area contributed by atoms with Crippen molar-refractivity contribution in [2.45, 2.75) is 11.9 Å². The van der Waals surface area contributed by atoms with Crippen molar-refractivity contribution >= 4 is 28.6 Å². The van der Waals surface area contributed by atoms with Crippen LogP contribution in [0.3, 0.4) is 0 Å². The van der Waals surface area contributed by atoms with Gasteiger partial charge in [-0.25, -0.2) is 9.97 Å². The topological polar surface area (TPSA) is 60.7 Å². The van der Waals surface area contributed by atoms with Gasteiger partial charge in [0, 0.05) is 12.6 Å². The maximum absolute atomic E-state index is 12.3. The van der Waals surface area contributed by atoms with Crippen LogP contribution in [0.2, 0.25) is 0 Å². The molecule has 0 amide bonds. The summed E-state index contributed by atoms with van der Waals surface area (Å²) < 4.78 is 1.70. The molecular weight excluding hydrogens is 284 g/mol. The summed E-state index contributed by atoms with van der Waals surface area (Å²) in [4.78, 5) is 20.7. The van der Waals surface area contributed by atoms with E-state index in [1.807, 2.05) is 38.2 Å². The third-order valence-corrected chi connectivity index (χ3v) is 4.28. The molecular formula is C15H14N4OS. The molecule has 2 heterocycles. The minimum absolute atomic E-state index is 0.105. The number of fused-ring (bicyclic) bond motifs is 1. The highest BCUT2D eigenvalue weighted by Gasteiger charge is 2.12. The minimum Gasteiger partial charge on any atom is -0.293 e. The number of hydrogen-bond donors (Lipinski definition) is 0. The number of carbonyl (C=O) groups is 1. The van der Waals surface area contributed by atoms with Crippen molar-refractivity contribution in [1.29, 1.82) is 0 Å². The van der Waals surface area contributed by atoms with E-state index in [4.69, 9.17) is 0 Å². The van der Waals surface area contributed by atoms with Gasteiger partial charge in [0.05, 0.1) is 17.3 Å². The number of hydrogen-bond acceptors (Lipinski definition) is 5. The first-order chi connectivity index (χ1) is 10.2. The summed E-state index contributed by atoms with van der Waals surface area (Å²) in [5.74, 6) is 0.458. The molecule has 3 rings (SSSR count). The Hall–Kier alpha value is -2.21. The van der Waals surface area contributed by atoms with Gasteiger partial charge in [-0.05, 0) is 12.5 Å². The zero-order valence-corrected chi connectivity index (χ0v) is 12.6. The van der Waals surface area contributed by atoms with Crippen molar-refractivity contribution in [3.05, 3.63) is 47.9 Å². The summed E-state index contributed by atoms with van der Waals surface area (Å²) in [5.41, 5.74) is 2.54. The monoisotopic (exact) mass is 298 g/mol. The predicted octanol–water partition coefficient (Wildman–Crippen LogP) is 2.65. The molecule has 106 valence electrons. The number of aryl methyl sites for hydroxylation is 2. The van der Waals surface area contributed by atoms with Crippen LogP contribution in [0, 0.1) is 6.92 Å². The Morgan fingerprint density at radius 3 is 2.90 bits per heavy atom. The average molecular weight is 298 g/mol. The summed E-state index contributed by atoms with van der Waals surface area (Å²) in [6.07, 6.45) is 3.24. The van der Waals surface area contributed by atoms with Gasteiger partial charge >= 0.3 is 0 Å². The van der Waals surface area contributed by atoms with E-state index in [0.29, 0.717) is 5.75 Å². The molecule has 0 saturated heterocycles. The van der Waals surface area contributed by atoms with Crippen molar-refractivity contribution in [2.75, 3.05) is 5.75 Å². The molecule has 0 aliphatic rings. The largest absolute Gasteiger partial charge is 0.293 e. The molecule has 3 aromatic rings. The molecule has 1 aromatic carbocycles. The Bertz CT molecular complexity index is 812. The lowest BCUT2D eigenvalue weighted by Crippen LogP contribution is -2.04. The maximum atomic E-state index is 12.3. The molecule has 21 heavy (non-hydrogen) atoms. The lowest BCUT2D eigenvalue weighted by molar-refractivity contribution is 0.102. The third-order valence-electron chi connectivity index (χ3n) is 3.28. The molecule has 0 saturated carbocycles. The van der Waals surface area contributed by atoms with Gasteiger partial charge in [0.25, 0.3) is 0 Å². The van der Waals surface area contributed by atoms with Crippen molar-refractivity contribution in [2.24, 2.45) is 7.05 Å². The van der Waals surface area contributed by atoms with Crippen LogP contribution >= 0.6 is 11.8 Å². The Morgan fingerprint density at radius 1 is 1.29 bits per heavy atom. The van der Waals surface area contributed by atoms with Crippen LogP contribution < -0.4 is 0 Å². The van der Waals surface area contributed by atoms with Gasteiger partial charge in [-0.1, -0.05) is 36.0 Å². The van der Waals surface area contributed by atoms with Crippen LogP contribution in [0.25, 0.3) is 11.0 Å². The van der Waals surface area contributed by atoms with Gasteiger partial charge in [-0.15, -0.1) is 0 Å². The first kappa shape index (κ1) is 13.8. The number of ketones is 1. The quantitative estimate of drug-likeness (QED) is 0.421. The summed E-state index contributed by atoms with van der Waals surface area (Å²) >= 11 is 1.42. The zero-order valence-electron chi connectivity index (χ0n) is 11.8. The van der Waals surface area contributed by atoms with E-state index in [0.717, 1.165) is 27.2 Å². The van der Waals surface area contributed by atoms with Crippen LogP contribution in [0.4, 0.5) is 0 Å². The number of carbonyl (C=O) groups excluding carboxylic acids is 1. The fourth-order valence-corrected chi connectivity index (χ4v) is 3.00. The van der Waals surface area contributed by atoms with E-state index < -0.39 is 0 Å². The van der Waals surface area contributed by atoms with Gasteiger partial charge in [0.2, 0.25) is 0 Å². The van der Waals surface area contributed by atoms with E-state index >= 15 is 0 Å². The van der Waals surface area contributed by atoms with Gasteiger partial charge in [0.15, 0.2) is 11.4 Å². The van der Waals surface area contributed by atoms with E-state index in [9.17, 15) is 4.79 Å². The first-order valence-electron chi connectivity index (χ1n) is 6.51. The molecule has 0 bridgehead atoms. The first-order valence-corrected chi connectivity index (χ1v) is 7.49. The summed E-state index contributed by atoms with van der Waals surface area (Å²) in [6.45, 7) is 1.95. The highest BCUT2D eigenvalue weighted by molar-refractivity contribution is 8.00. The number of nitrogens with zero attached hydrogens (tertiary/aromatic N) is 4. The summed E-state index contributed by atoms with van der Waals surface area (Å²) in [7, 11) is 1.84. The van der Waals surface area contributed by atoms with E-state index in [2.05, 4.69) is 15.1 Å². The van der Waals surface area contributed by atoms with Crippen molar-refractivity contribution in [3.8, 4) is 0 Å². The Morgan fingerprint density at radius 2 is 2.10 bits per heavy atom. The van der Waals surface area contributed by atoms with Crippen LogP contribution in [-0.4, -0.2) is 31.3 Å². The molecule has 0 spiro atoms. The smallest absolute Gasteiger partial charge is 0.173 e. The number of Topliss-reactive ketones (excluding diaryl/α,β-unsaturated/α-hetero) is 1. The third kappa shape index (κ3) is 2.67. The molecule has 0 fully saturated rings. The molecule has 0 unspecified atom stereocenters. The standard InChI is InChI=1S/C15H14N4OS/c1-10-5-3-4-6-11(10)13(20)8-21-15-12-7-18-19(2)14(12)16-9-17-15/h3-7,9H,8H2,1-2H3. The SMILES string of the molecule is Cc1ccccc1C(=O)CSc1ncnc2c1cnn2C. The lowest BCUT2D eigenvalue weighted by Gasteiger charge is -2.04. The second-order valence-electron chi connectivity index (χ2n) is 4.71. The predicted molar refractivity (Wildman–Crippen MR) is 82.5 cm³/mol. The second kappa shape index (κ2) is 5.65.